The molecule has 0 aliphatic carbocycles. The highest BCUT2D eigenvalue weighted by atomic mass is 32.2. The normalized spacial score (nSPS) is 12.3. The fourth-order valence-electron chi connectivity index (χ4n) is 1.42. The molecule has 0 saturated carbocycles. The first-order valence-corrected chi connectivity index (χ1v) is 9.21. The molecule has 0 aromatic heterocycles. The van der Waals surface area contributed by atoms with Crippen LogP contribution in [0.15, 0.2) is 29.2 Å². The Morgan fingerprint density at radius 1 is 1.11 bits per heavy atom. The van der Waals surface area contributed by atoms with Crippen molar-refractivity contribution >= 4 is 25.4 Å². The van der Waals surface area contributed by atoms with Crippen LogP contribution in [-0.4, -0.2) is 41.1 Å². The molecule has 0 saturated heterocycles. The van der Waals surface area contributed by atoms with Crippen molar-refractivity contribution in [3.8, 4) is 0 Å². The van der Waals surface area contributed by atoms with Gasteiger partial charge in [0.2, 0.25) is 0 Å². The van der Waals surface area contributed by atoms with Crippen LogP contribution in [0.25, 0.3) is 0 Å². The molecule has 0 unspecified atom stereocenters. The Kier molecular flexibility index (Phi) is 4.75. The third-order valence-corrected chi connectivity index (χ3v) is 5.32. The minimum Gasteiger partial charge on any atom is -0.383 e. The Morgan fingerprint density at radius 2 is 1.72 bits per heavy atom. The minimum atomic E-state index is -3.32. The van der Waals surface area contributed by atoms with Crippen LogP contribution < -0.4 is 5.32 Å². The smallest absolute Gasteiger partial charge is 0.177 e. The summed E-state index contributed by atoms with van der Waals surface area (Å²) in [5.41, 5.74) is 0.436. The summed E-state index contributed by atoms with van der Waals surface area (Å²) >= 11 is 0. The lowest BCUT2D eigenvalue weighted by Crippen LogP contribution is -2.18. The van der Waals surface area contributed by atoms with Gasteiger partial charge < -0.3 is 5.32 Å². The quantitative estimate of drug-likeness (QED) is 0.843. The first kappa shape index (κ1) is 15.0. The van der Waals surface area contributed by atoms with Crippen LogP contribution in [0.5, 0.6) is 0 Å². The van der Waals surface area contributed by atoms with Gasteiger partial charge >= 0.3 is 0 Å². The molecule has 0 fully saturated rings. The number of rotatable bonds is 6. The second-order valence-corrected chi connectivity index (χ2v) is 8.39. The third kappa shape index (κ3) is 4.30. The summed E-state index contributed by atoms with van der Waals surface area (Å²) in [6.45, 7) is 1.78. The molecule has 0 bridgehead atoms. The van der Waals surface area contributed by atoms with Crippen LogP contribution >= 0.6 is 0 Å². The molecule has 0 amide bonds. The van der Waals surface area contributed by atoms with E-state index in [0.717, 1.165) is 6.26 Å². The van der Waals surface area contributed by atoms with Crippen molar-refractivity contribution in [2.24, 2.45) is 0 Å². The van der Waals surface area contributed by atoms with Crippen molar-refractivity contribution in [2.75, 3.05) is 29.6 Å². The summed E-state index contributed by atoms with van der Waals surface area (Å²) in [5, 5.41) is 2.85. The molecule has 7 heteroatoms. The molecule has 0 radical (unpaired) electrons. The lowest BCUT2D eigenvalue weighted by atomic mass is 10.3. The topological polar surface area (TPSA) is 80.3 Å². The van der Waals surface area contributed by atoms with Gasteiger partial charge in [0, 0.05) is 18.6 Å². The van der Waals surface area contributed by atoms with Gasteiger partial charge in [0.05, 0.1) is 16.3 Å². The summed E-state index contributed by atoms with van der Waals surface area (Å²) in [5.74, 6) is 0.0734. The summed E-state index contributed by atoms with van der Waals surface area (Å²) < 4.78 is 45.6. The molecule has 5 nitrogen and oxygen atoms in total. The fraction of sp³-hybridized carbons (Fsp3) is 0.455. The SMILES string of the molecule is CCS(=O)(=O)CCNc1ccccc1S(C)(=O)=O. The van der Waals surface area contributed by atoms with Crippen LogP contribution in [0.3, 0.4) is 0 Å². The molecule has 0 atom stereocenters. The Balaban J connectivity index is 2.81. The van der Waals surface area contributed by atoms with Crippen molar-refractivity contribution < 1.29 is 16.8 Å². The molecule has 1 N–H and O–H groups in total. The predicted octanol–water partition coefficient (Wildman–Crippen LogP) is 0.937. The lowest BCUT2D eigenvalue weighted by Gasteiger charge is -2.10. The minimum absolute atomic E-state index is 0.0123. The molecular weight excluding hydrogens is 274 g/mol. The zero-order chi connectivity index (χ0) is 13.8. The van der Waals surface area contributed by atoms with E-state index in [1.165, 1.54) is 6.07 Å². The molecule has 0 aliphatic rings. The first-order valence-electron chi connectivity index (χ1n) is 5.49. The molecule has 1 aromatic carbocycles. The van der Waals surface area contributed by atoms with Gasteiger partial charge in [-0.25, -0.2) is 16.8 Å². The van der Waals surface area contributed by atoms with E-state index < -0.39 is 19.7 Å². The van der Waals surface area contributed by atoms with Crippen molar-refractivity contribution in [1.29, 1.82) is 0 Å². The molecule has 18 heavy (non-hydrogen) atoms. The largest absolute Gasteiger partial charge is 0.383 e. The number of benzene rings is 1. The zero-order valence-electron chi connectivity index (χ0n) is 10.4. The monoisotopic (exact) mass is 291 g/mol. The number of para-hydroxylation sites is 1. The van der Waals surface area contributed by atoms with Crippen LogP contribution in [0.1, 0.15) is 6.92 Å². The predicted molar refractivity (Wildman–Crippen MR) is 72.4 cm³/mol. The van der Waals surface area contributed by atoms with Gasteiger partial charge in [-0.15, -0.1) is 0 Å². The number of hydrogen-bond acceptors (Lipinski definition) is 5. The van der Waals surface area contributed by atoms with Gasteiger partial charge in [-0.3, -0.25) is 0 Å². The van der Waals surface area contributed by atoms with Crippen LogP contribution in [0.2, 0.25) is 0 Å². The molecule has 0 aliphatic heterocycles. The number of nitrogens with one attached hydrogen (secondary N) is 1. The van der Waals surface area contributed by atoms with E-state index in [0.29, 0.717) is 5.69 Å². The molecular formula is C11H17NO4S2. The Labute approximate surface area is 108 Å². The van der Waals surface area contributed by atoms with E-state index in [9.17, 15) is 16.8 Å². The molecule has 1 rings (SSSR count). The molecule has 0 spiro atoms. The second-order valence-electron chi connectivity index (χ2n) is 3.93. The van der Waals surface area contributed by atoms with Gasteiger partial charge in [-0.1, -0.05) is 19.1 Å². The molecule has 102 valence electrons. The van der Waals surface area contributed by atoms with Crippen LogP contribution in [0.4, 0.5) is 5.69 Å². The number of sulfone groups is 2. The highest BCUT2D eigenvalue weighted by Gasteiger charge is 2.13. The van der Waals surface area contributed by atoms with E-state index in [-0.39, 0.29) is 22.9 Å². The first-order chi connectivity index (χ1) is 8.26. The van der Waals surface area contributed by atoms with E-state index in [1.807, 2.05) is 0 Å². The average Bonchev–Trinajstić information content (AvgIpc) is 2.28. The molecule has 0 heterocycles. The summed E-state index contributed by atoms with van der Waals surface area (Å²) in [6.07, 6.45) is 1.12. The van der Waals surface area contributed by atoms with Crippen molar-refractivity contribution in [3.63, 3.8) is 0 Å². The van der Waals surface area contributed by atoms with E-state index >= 15 is 0 Å². The van der Waals surface area contributed by atoms with E-state index in [2.05, 4.69) is 5.32 Å². The second kappa shape index (κ2) is 5.71. The maximum Gasteiger partial charge on any atom is 0.177 e. The average molecular weight is 291 g/mol. The highest BCUT2D eigenvalue weighted by Crippen LogP contribution is 2.20. The van der Waals surface area contributed by atoms with Gasteiger partial charge in [-0.05, 0) is 12.1 Å². The third-order valence-electron chi connectivity index (χ3n) is 2.45. The van der Waals surface area contributed by atoms with Gasteiger partial charge in [0.1, 0.15) is 0 Å². The summed E-state index contributed by atoms with van der Waals surface area (Å²) in [7, 11) is -6.37. The van der Waals surface area contributed by atoms with Crippen LogP contribution in [-0.2, 0) is 19.7 Å². The Bertz CT molecular complexity index is 606. The fourth-order valence-corrected chi connectivity index (χ4v) is 2.99. The summed E-state index contributed by atoms with van der Waals surface area (Å²) in [4.78, 5) is 0.180. The lowest BCUT2D eigenvalue weighted by molar-refractivity contribution is 0.597. The van der Waals surface area contributed by atoms with Crippen molar-refractivity contribution in [1.82, 2.24) is 0 Å². The van der Waals surface area contributed by atoms with Gasteiger partial charge in [0.25, 0.3) is 0 Å². The van der Waals surface area contributed by atoms with E-state index in [4.69, 9.17) is 0 Å². The summed E-state index contributed by atoms with van der Waals surface area (Å²) in [6, 6.07) is 6.44. The van der Waals surface area contributed by atoms with Crippen molar-refractivity contribution in [3.05, 3.63) is 24.3 Å². The number of anilines is 1. The van der Waals surface area contributed by atoms with Gasteiger partial charge in [-0.2, -0.15) is 0 Å². The Morgan fingerprint density at radius 3 is 2.28 bits per heavy atom. The standard InChI is InChI=1S/C11H17NO4S2/c1-3-18(15,16)9-8-12-10-6-4-5-7-11(10)17(2,13)14/h4-7,12H,3,8-9H2,1-2H3. The Hall–Kier alpha value is -1.08. The highest BCUT2D eigenvalue weighted by molar-refractivity contribution is 7.91. The van der Waals surface area contributed by atoms with Crippen LogP contribution in [0, 0.1) is 0 Å². The zero-order valence-corrected chi connectivity index (χ0v) is 12.0. The van der Waals surface area contributed by atoms with Gasteiger partial charge in [0.15, 0.2) is 19.7 Å². The number of hydrogen-bond donors (Lipinski definition) is 1. The van der Waals surface area contributed by atoms with Crippen molar-refractivity contribution in [2.45, 2.75) is 11.8 Å². The maximum absolute atomic E-state index is 11.5. The van der Waals surface area contributed by atoms with E-state index in [1.54, 1.807) is 25.1 Å². The molecule has 1 aromatic rings. The maximum atomic E-state index is 11.5.